The summed E-state index contributed by atoms with van der Waals surface area (Å²) >= 11 is 1.30. The second kappa shape index (κ2) is 10.8. The summed E-state index contributed by atoms with van der Waals surface area (Å²) in [5.41, 5.74) is 1.31. The monoisotopic (exact) mass is 490 g/mol. The molecule has 0 aliphatic heterocycles. The predicted octanol–water partition coefficient (Wildman–Crippen LogP) is 3.59. The highest BCUT2D eigenvalue weighted by atomic mass is 32.2. The number of methoxy groups -OCH3 is 1. The van der Waals surface area contributed by atoms with E-state index in [0.29, 0.717) is 29.3 Å². The van der Waals surface area contributed by atoms with Crippen molar-refractivity contribution in [1.82, 2.24) is 4.57 Å². The standard InChI is InChI=1S/C23H26N2O6S2/c1-4-25-19-13-8-16(22(27)31-5-2)15-20(19)32-23(25)24-21(26)7-6-14-33(28,29)18-11-9-17(30-3)10-12-18/h8-13,15H,4-7,14H2,1-3H3. The Bertz CT molecular complexity index is 1320. The van der Waals surface area contributed by atoms with Gasteiger partial charge < -0.3 is 14.0 Å². The highest BCUT2D eigenvalue weighted by molar-refractivity contribution is 7.91. The molecule has 1 amide bonds. The van der Waals surface area contributed by atoms with Crippen LogP contribution in [-0.4, -0.2) is 44.3 Å². The SMILES string of the molecule is CCOC(=O)c1ccc2c(c1)sc(=NC(=O)CCCS(=O)(=O)c1ccc(OC)cc1)n2CC. The van der Waals surface area contributed by atoms with Crippen molar-refractivity contribution in [3.05, 3.63) is 52.8 Å². The second-order valence-electron chi connectivity index (χ2n) is 7.14. The van der Waals surface area contributed by atoms with Crippen LogP contribution in [0.15, 0.2) is 52.4 Å². The third-order valence-corrected chi connectivity index (χ3v) is 7.81. The van der Waals surface area contributed by atoms with Crippen LogP contribution in [0.5, 0.6) is 5.75 Å². The average molecular weight is 491 g/mol. The van der Waals surface area contributed by atoms with Gasteiger partial charge in [-0.25, -0.2) is 13.2 Å². The molecule has 0 unspecified atom stereocenters. The molecule has 1 aromatic heterocycles. The fourth-order valence-corrected chi connectivity index (χ4v) is 5.74. The quantitative estimate of drug-likeness (QED) is 0.425. The minimum atomic E-state index is -3.50. The maximum Gasteiger partial charge on any atom is 0.338 e. The van der Waals surface area contributed by atoms with Crippen molar-refractivity contribution in [2.75, 3.05) is 19.5 Å². The molecule has 1 heterocycles. The number of esters is 1. The first-order valence-electron chi connectivity index (χ1n) is 10.5. The minimum Gasteiger partial charge on any atom is -0.497 e. The third-order valence-electron chi connectivity index (χ3n) is 4.95. The van der Waals surface area contributed by atoms with E-state index in [1.54, 1.807) is 31.2 Å². The Hall–Kier alpha value is -2.98. The van der Waals surface area contributed by atoms with Crippen LogP contribution in [0.1, 0.15) is 37.0 Å². The number of aromatic nitrogens is 1. The summed E-state index contributed by atoms with van der Waals surface area (Å²) in [6, 6.07) is 11.4. The number of carbonyl (C=O) groups excluding carboxylic acids is 2. The molecule has 33 heavy (non-hydrogen) atoms. The Kier molecular flexibility index (Phi) is 8.04. The lowest BCUT2D eigenvalue weighted by atomic mass is 10.2. The number of carbonyl (C=O) groups is 2. The Morgan fingerprint density at radius 3 is 2.45 bits per heavy atom. The summed E-state index contributed by atoms with van der Waals surface area (Å²) in [6.07, 6.45) is 0.183. The fraction of sp³-hybridized carbons (Fsp3) is 0.348. The highest BCUT2D eigenvalue weighted by Gasteiger charge is 2.16. The molecule has 0 fully saturated rings. The van der Waals surface area contributed by atoms with Crippen LogP contribution in [0.2, 0.25) is 0 Å². The molecule has 10 heteroatoms. The maximum atomic E-state index is 12.5. The van der Waals surface area contributed by atoms with Gasteiger partial charge in [0, 0.05) is 13.0 Å². The summed E-state index contributed by atoms with van der Waals surface area (Å²) < 4.78 is 37.8. The molecule has 0 radical (unpaired) electrons. The first kappa shape index (κ1) is 24.7. The molecule has 0 aliphatic carbocycles. The van der Waals surface area contributed by atoms with E-state index in [0.717, 1.165) is 10.2 Å². The van der Waals surface area contributed by atoms with Crippen LogP contribution in [0, 0.1) is 0 Å². The van der Waals surface area contributed by atoms with Gasteiger partial charge in [-0.1, -0.05) is 11.3 Å². The van der Waals surface area contributed by atoms with E-state index >= 15 is 0 Å². The van der Waals surface area contributed by atoms with Gasteiger partial charge in [0.05, 0.1) is 40.1 Å². The summed E-state index contributed by atoms with van der Waals surface area (Å²) in [4.78, 5) is 29.4. The average Bonchev–Trinajstić information content (AvgIpc) is 3.15. The van der Waals surface area contributed by atoms with Gasteiger partial charge in [-0.2, -0.15) is 4.99 Å². The van der Waals surface area contributed by atoms with Crippen LogP contribution in [0.25, 0.3) is 10.2 Å². The largest absolute Gasteiger partial charge is 0.497 e. The van der Waals surface area contributed by atoms with Crippen molar-refractivity contribution in [3.8, 4) is 5.75 Å². The van der Waals surface area contributed by atoms with Gasteiger partial charge in [0.2, 0.25) is 5.91 Å². The topological polar surface area (TPSA) is 104 Å². The van der Waals surface area contributed by atoms with E-state index in [1.165, 1.54) is 30.6 Å². The highest BCUT2D eigenvalue weighted by Crippen LogP contribution is 2.20. The zero-order valence-corrected chi connectivity index (χ0v) is 20.4. The van der Waals surface area contributed by atoms with E-state index in [4.69, 9.17) is 9.47 Å². The zero-order chi connectivity index (χ0) is 24.0. The fourth-order valence-electron chi connectivity index (χ4n) is 3.28. The molecule has 8 nitrogen and oxygen atoms in total. The van der Waals surface area contributed by atoms with Gasteiger partial charge in [0.1, 0.15) is 5.75 Å². The number of sulfone groups is 1. The van der Waals surface area contributed by atoms with E-state index in [-0.39, 0.29) is 29.4 Å². The lowest BCUT2D eigenvalue weighted by Crippen LogP contribution is -2.16. The Morgan fingerprint density at radius 2 is 1.82 bits per heavy atom. The Morgan fingerprint density at radius 1 is 1.09 bits per heavy atom. The van der Waals surface area contributed by atoms with Crippen molar-refractivity contribution in [2.24, 2.45) is 4.99 Å². The number of ether oxygens (including phenoxy) is 2. The number of aryl methyl sites for hydroxylation is 1. The molecule has 2 aromatic carbocycles. The van der Waals surface area contributed by atoms with Gasteiger partial charge in [-0.15, -0.1) is 0 Å². The van der Waals surface area contributed by atoms with Crippen molar-refractivity contribution in [1.29, 1.82) is 0 Å². The predicted molar refractivity (Wildman–Crippen MR) is 126 cm³/mol. The molecular weight excluding hydrogens is 464 g/mol. The van der Waals surface area contributed by atoms with E-state index in [9.17, 15) is 18.0 Å². The van der Waals surface area contributed by atoms with Crippen LogP contribution in [0.3, 0.4) is 0 Å². The van der Waals surface area contributed by atoms with E-state index in [2.05, 4.69) is 4.99 Å². The summed E-state index contributed by atoms with van der Waals surface area (Å²) in [5, 5.41) is 0. The number of amides is 1. The Balaban J connectivity index is 1.73. The van der Waals surface area contributed by atoms with Crippen molar-refractivity contribution >= 4 is 43.3 Å². The Labute approximate surface area is 196 Å². The normalized spacial score (nSPS) is 12.2. The number of fused-ring (bicyclic) bond motifs is 1. The van der Waals surface area contributed by atoms with Gasteiger partial charge >= 0.3 is 5.97 Å². The van der Waals surface area contributed by atoms with Crippen LogP contribution in [0.4, 0.5) is 0 Å². The molecule has 0 bridgehead atoms. The third kappa shape index (κ3) is 5.88. The van der Waals surface area contributed by atoms with Crippen LogP contribution < -0.4 is 9.54 Å². The van der Waals surface area contributed by atoms with Gasteiger partial charge in [-0.05, 0) is 62.7 Å². The summed E-state index contributed by atoms with van der Waals surface area (Å²) in [5.74, 6) is -0.364. The molecule has 0 N–H and O–H groups in total. The lowest BCUT2D eigenvalue weighted by Gasteiger charge is -2.05. The number of rotatable bonds is 9. The number of thiazole rings is 1. The van der Waals surface area contributed by atoms with E-state index < -0.39 is 15.8 Å². The van der Waals surface area contributed by atoms with Crippen molar-refractivity contribution in [3.63, 3.8) is 0 Å². The summed E-state index contributed by atoms with van der Waals surface area (Å²) in [7, 11) is -1.99. The number of hydrogen-bond acceptors (Lipinski definition) is 7. The van der Waals surface area contributed by atoms with Gasteiger partial charge in [0.15, 0.2) is 14.6 Å². The molecule has 0 saturated carbocycles. The molecule has 176 valence electrons. The summed E-state index contributed by atoms with van der Waals surface area (Å²) in [6.45, 7) is 4.57. The van der Waals surface area contributed by atoms with E-state index in [1.807, 2.05) is 17.6 Å². The van der Waals surface area contributed by atoms with Crippen molar-refractivity contribution < 1.29 is 27.5 Å². The first-order valence-corrected chi connectivity index (χ1v) is 13.0. The molecule has 3 aromatic rings. The number of hydrogen-bond donors (Lipinski definition) is 0. The first-order chi connectivity index (χ1) is 15.8. The minimum absolute atomic E-state index is 0.0153. The zero-order valence-electron chi connectivity index (χ0n) is 18.7. The van der Waals surface area contributed by atoms with Crippen LogP contribution >= 0.6 is 11.3 Å². The van der Waals surface area contributed by atoms with Gasteiger partial charge in [0.25, 0.3) is 0 Å². The molecule has 0 spiro atoms. The molecule has 0 aliphatic rings. The number of nitrogens with zero attached hydrogens (tertiary/aromatic N) is 2. The molecule has 3 rings (SSSR count). The number of benzene rings is 2. The molecular formula is C23H26N2O6S2. The smallest absolute Gasteiger partial charge is 0.338 e. The van der Waals surface area contributed by atoms with Gasteiger partial charge in [-0.3, -0.25) is 4.79 Å². The molecule has 0 atom stereocenters. The lowest BCUT2D eigenvalue weighted by molar-refractivity contribution is -0.118. The molecule has 0 saturated heterocycles. The maximum absolute atomic E-state index is 12.5. The van der Waals surface area contributed by atoms with Crippen molar-refractivity contribution in [2.45, 2.75) is 38.1 Å². The second-order valence-corrected chi connectivity index (χ2v) is 10.3. The van der Waals surface area contributed by atoms with Crippen LogP contribution in [-0.2, 0) is 25.9 Å².